The number of nitrogens with zero attached hydrogens (tertiary/aromatic N) is 1. The zero-order chi connectivity index (χ0) is 19.0. The Bertz CT molecular complexity index is 579. The maximum Gasteiger partial charge on any atom is 0.328 e. The molecule has 25 heavy (non-hydrogen) atoms. The molecule has 0 bridgehead atoms. The highest BCUT2D eigenvalue weighted by atomic mass is 16.5. The minimum Gasteiger partial charge on any atom is -0.454 e. The van der Waals surface area contributed by atoms with Gasteiger partial charge in [0.1, 0.15) is 6.04 Å². The van der Waals surface area contributed by atoms with Crippen molar-refractivity contribution < 1.29 is 19.1 Å². The molecule has 1 aromatic carbocycles. The van der Waals surface area contributed by atoms with Crippen LogP contribution in [0.2, 0.25) is 0 Å². The summed E-state index contributed by atoms with van der Waals surface area (Å²) in [5.41, 5.74) is 0.611. The van der Waals surface area contributed by atoms with Crippen LogP contribution < -0.4 is 10.6 Å². The van der Waals surface area contributed by atoms with E-state index in [2.05, 4.69) is 10.6 Å². The number of esters is 1. The van der Waals surface area contributed by atoms with Crippen LogP contribution in [0.3, 0.4) is 0 Å². The molecule has 138 valence electrons. The number of para-hydroxylation sites is 1. The van der Waals surface area contributed by atoms with Crippen LogP contribution in [0.4, 0.5) is 10.5 Å². The van der Waals surface area contributed by atoms with Crippen LogP contribution in [0.25, 0.3) is 0 Å². The maximum atomic E-state index is 12.2. The van der Waals surface area contributed by atoms with Crippen LogP contribution in [0.1, 0.15) is 34.6 Å². The molecule has 0 unspecified atom stereocenters. The summed E-state index contributed by atoms with van der Waals surface area (Å²) in [5.74, 6) is -0.927. The third-order valence-corrected chi connectivity index (χ3v) is 3.47. The van der Waals surface area contributed by atoms with Gasteiger partial charge in [-0.05, 0) is 46.8 Å². The Morgan fingerprint density at radius 2 is 1.56 bits per heavy atom. The van der Waals surface area contributed by atoms with Crippen LogP contribution in [0.15, 0.2) is 30.3 Å². The zero-order valence-electron chi connectivity index (χ0n) is 15.4. The van der Waals surface area contributed by atoms with E-state index in [9.17, 15) is 14.4 Å². The molecule has 1 rings (SSSR count). The van der Waals surface area contributed by atoms with Crippen molar-refractivity contribution in [2.45, 2.75) is 52.7 Å². The fraction of sp³-hybridized carbons (Fsp3) is 0.500. The van der Waals surface area contributed by atoms with Gasteiger partial charge in [-0.1, -0.05) is 18.2 Å². The first-order valence-corrected chi connectivity index (χ1v) is 8.32. The van der Waals surface area contributed by atoms with Gasteiger partial charge in [-0.25, -0.2) is 9.59 Å². The molecule has 0 aliphatic heterocycles. The fourth-order valence-electron chi connectivity index (χ4n) is 2.45. The van der Waals surface area contributed by atoms with Crippen molar-refractivity contribution in [3.05, 3.63) is 30.3 Å². The van der Waals surface area contributed by atoms with E-state index in [1.54, 1.807) is 29.2 Å². The minimum atomic E-state index is -0.872. The lowest BCUT2D eigenvalue weighted by atomic mass is 10.2. The number of hydrogen-bond acceptors (Lipinski definition) is 4. The highest BCUT2D eigenvalue weighted by Crippen LogP contribution is 2.06. The summed E-state index contributed by atoms with van der Waals surface area (Å²) in [5, 5.41) is 5.08. The van der Waals surface area contributed by atoms with E-state index in [1.165, 1.54) is 6.92 Å². The number of carbonyl (C=O) groups is 3. The van der Waals surface area contributed by atoms with E-state index < -0.39 is 18.0 Å². The van der Waals surface area contributed by atoms with Gasteiger partial charge in [0, 0.05) is 17.8 Å². The summed E-state index contributed by atoms with van der Waals surface area (Å²) in [6.07, 6.45) is 0. The lowest BCUT2D eigenvalue weighted by Crippen LogP contribution is -2.46. The molecule has 0 spiro atoms. The molecule has 1 aromatic rings. The molecule has 0 aromatic heterocycles. The van der Waals surface area contributed by atoms with Gasteiger partial charge < -0.3 is 20.3 Å². The van der Waals surface area contributed by atoms with Gasteiger partial charge in [0.2, 0.25) is 0 Å². The number of benzene rings is 1. The summed E-state index contributed by atoms with van der Waals surface area (Å²) < 4.78 is 5.03. The lowest BCUT2D eigenvalue weighted by Gasteiger charge is -2.30. The summed E-state index contributed by atoms with van der Waals surface area (Å²) in [6.45, 7) is 8.76. The van der Waals surface area contributed by atoms with E-state index in [1.807, 2.05) is 33.8 Å². The normalized spacial score (nSPS) is 11.8. The van der Waals surface area contributed by atoms with E-state index >= 15 is 0 Å². The molecular weight excluding hydrogens is 322 g/mol. The standard InChI is InChI=1S/C18H27N3O4/c1-12(2)21(13(3)4)16(22)11-25-17(23)14(5)19-18(24)20-15-9-7-6-8-10-15/h6-10,12-14H,11H2,1-5H3,(H2,19,20,24)/t14-/m0/s1. The molecular formula is C18H27N3O4. The van der Waals surface area contributed by atoms with Crippen LogP contribution in [0.5, 0.6) is 0 Å². The molecule has 0 saturated carbocycles. The second-order valence-electron chi connectivity index (χ2n) is 6.28. The van der Waals surface area contributed by atoms with Crippen molar-refractivity contribution in [1.29, 1.82) is 0 Å². The molecule has 0 fully saturated rings. The summed E-state index contributed by atoms with van der Waals surface area (Å²) in [6, 6.07) is 7.49. The van der Waals surface area contributed by atoms with Gasteiger partial charge in [0.05, 0.1) is 0 Å². The second-order valence-corrected chi connectivity index (χ2v) is 6.28. The van der Waals surface area contributed by atoms with Crippen molar-refractivity contribution >= 4 is 23.6 Å². The van der Waals surface area contributed by atoms with Crippen LogP contribution in [0, 0.1) is 0 Å². The second kappa shape index (κ2) is 9.66. The number of rotatable bonds is 7. The van der Waals surface area contributed by atoms with Crippen molar-refractivity contribution in [3.63, 3.8) is 0 Å². The molecule has 7 nitrogen and oxygen atoms in total. The number of nitrogens with one attached hydrogen (secondary N) is 2. The number of anilines is 1. The smallest absolute Gasteiger partial charge is 0.328 e. The van der Waals surface area contributed by atoms with E-state index in [-0.39, 0.29) is 24.6 Å². The Morgan fingerprint density at radius 1 is 1.00 bits per heavy atom. The highest BCUT2D eigenvalue weighted by molar-refractivity contribution is 5.92. The number of amides is 3. The molecule has 7 heteroatoms. The van der Waals surface area contributed by atoms with E-state index in [0.29, 0.717) is 5.69 Å². The quantitative estimate of drug-likeness (QED) is 0.740. The molecule has 1 atom stereocenters. The van der Waals surface area contributed by atoms with Gasteiger partial charge >= 0.3 is 12.0 Å². The van der Waals surface area contributed by atoms with Crippen molar-refractivity contribution in [3.8, 4) is 0 Å². The first kappa shape index (κ1) is 20.5. The number of carbonyl (C=O) groups excluding carboxylic acids is 3. The number of ether oxygens (including phenoxy) is 1. The predicted octanol–water partition coefficient (Wildman–Crippen LogP) is 2.39. The molecule has 0 aliphatic rings. The molecule has 0 saturated heterocycles. The van der Waals surface area contributed by atoms with Gasteiger partial charge in [-0.3, -0.25) is 4.79 Å². The molecule has 0 radical (unpaired) electrons. The van der Waals surface area contributed by atoms with Crippen molar-refractivity contribution in [2.75, 3.05) is 11.9 Å². The van der Waals surface area contributed by atoms with Gasteiger partial charge in [0.15, 0.2) is 6.61 Å². The van der Waals surface area contributed by atoms with Crippen LogP contribution >= 0.6 is 0 Å². The SMILES string of the molecule is CC(C)N(C(=O)COC(=O)[C@H](C)NC(=O)Nc1ccccc1)C(C)C. The Kier molecular flexibility index (Phi) is 7.91. The fourth-order valence-corrected chi connectivity index (χ4v) is 2.45. The van der Waals surface area contributed by atoms with Crippen molar-refractivity contribution in [2.24, 2.45) is 0 Å². The lowest BCUT2D eigenvalue weighted by molar-refractivity contribution is -0.154. The first-order valence-electron chi connectivity index (χ1n) is 8.32. The molecule has 2 N–H and O–H groups in total. The Morgan fingerprint density at radius 3 is 2.08 bits per heavy atom. The average Bonchev–Trinajstić information content (AvgIpc) is 2.52. The third-order valence-electron chi connectivity index (χ3n) is 3.47. The topological polar surface area (TPSA) is 87.7 Å². The van der Waals surface area contributed by atoms with E-state index in [4.69, 9.17) is 4.74 Å². The Labute approximate surface area is 148 Å². The predicted molar refractivity (Wildman–Crippen MR) is 96.1 cm³/mol. The largest absolute Gasteiger partial charge is 0.454 e. The van der Waals surface area contributed by atoms with Gasteiger partial charge in [0.25, 0.3) is 5.91 Å². The molecule has 0 aliphatic carbocycles. The Balaban J connectivity index is 2.46. The molecule has 0 heterocycles. The maximum absolute atomic E-state index is 12.2. The van der Waals surface area contributed by atoms with E-state index in [0.717, 1.165) is 0 Å². The third kappa shape index (κ3) is 6.82. The zero-order valence-corrected chi connectivity index (χ0v) is 15.4. The summed E-state index contributed by atoms with van der Waals surface area (Å²) >= 11 is 0. The monoisotopic (exact) mass is 349 g/mol. The van der Waals surface area contributed by atoms with Gasteiger partial charge in [-0.15, -0.1) is 0 Å². The average molecular weight is 349 g/mol. The van der Waals surface area contributed by atoms with Crippen LogP contribution in [-0.4, -0.2) is 47.5 Å². The van der Waals surface area contributed by atoms with Crippen LogP contribution in [-0.2, 0) is 14.3 Å². The number of urea groups is 1. The highest BCUT2D eigenvalue weighted by Gasteiger charge is 2.23. The van der Waals surface area contributed by atoms with Crippen molar-refractivity contribution in [1.82, 2.24) is 10.2 Å². The summed E-state index contributed by atoms with van der Waals surface area (Å²) in [4.78, 5) is 37.6. The van der Waals surface area contributed by atoms with Gasteiger partial charge in [-0.2, -0.15) is 0 Å². The Hall–Kier alpha value is -2.57. The summed E-state index contributed by atoms with van der Waals surface area (Å²) in [7, 11) is 0. The number of hydrogen-bond donors (Lipinski definition) is 2. The molecule has 3 amide bonds. The first-order chi connectivity index (χ1) is 11.7. The minimum absolute atomic E-state index is 0.0124.